The number of benzene rings is 1. The zero-order valence-corrected chi connectivity index (χ0v) is 12.3. The summed E-state index contributed by atoms with van der Waals surface area (Å²) in [7, 11) is 1.69. The quantitative estimate of drug-likeness (QED) is 0.886. The predicted octanol–water partition coefficient (Wildman–Crippen LogP) is 2.23. The average molecular weight is 276 g/mol. The Morgan fingerprint density at radius 2 is 2.10 bits per heavy atom. The Bertz CT molecular complexity index is 444. The van der Waals surface area contributed by atoms with E-state index in [4.69, 9.17) is 0 Å². The summed E-state index contributed by atoms with van der Waals surface area (Å²) in [6, 6.07) is 7.86. The van der Waals surface area contributed by atoms with Gasteiger partial charge < -0.3 is 15.3 Å². The molecule has 20 heavy (non-hydrogen) atoms. The smallest absolute Gasteiger partial charge is 0.242 e. The number of nitrogens with zero attached hydrogens (tertiary/aromatic N) is 1. The lowest BCUT2D eigenvalue weighted by atomic mass is 9.99. The van der Waals surface area contributed by atoms with E-state index in [1.807, 2.05) is 31.2 Å². The van der Waals surface area contributed by atoms with Crippen molar-refractivity contribution in [2.45, 2.75) is 44.8 Å². The third kappa shape index (κ3) is 3.12. The van der Waals surface area contributed by atoms with Crippen molar-refractivity contribution in [2.75, 3.05) is 18.5 Å². The number of hydrogen-bond acceptors (Lipinski definition) is 3. The molecule has 2 N–H and O–H groups in total. The van der Waals surface area contributed by atoms with Gasteiger partial charge in [0.15, 0.2) is 0 Å². The normalized spacial score (nSPS) is 20.6. The van der Waals surface area contributed by atoms with E-state index in [2.05, 4.69) is 10.2 Å². The SMILES string of the molecule is CC[C@@H](O)c1ccc(N2CCCCC2C(=O)NC)cc1. The molecule has 0 radical (unpaired) electrons. The summed E-state index contributed by atoms with van der Waals surface area (Å²) in [5, 5.41) is 12.6. The van der Waals surface area contributed by atoms with Crippen molar-refractivity contribution in [3.05, 3.63) is 29.8 Å². The van der Waals surface area contributed by atoms with Crippen LogP contribution in [0, 0.1) is 0 Å². The molecule has 1 aromatic rings. The van der Waals surface area contributed by atoms with Crippen LogP contribution in [-0.4, -0.2) is 30.6 Å². The van der Waals surface area contributed by atoms with E-state index in [1.54, 1.807) is 7.05 Å². The highest BCUT2D eigenvalue weighted by Gasteiger charge is 2.28. The number of aliphatic hydroxyl groups excluding tert-OH is 1. The van der Waals surface area contributed by atoms with Crippen LogP contribution in [0.3, 0.4) is 0 Å². The van der Waals surface area contributed by atoms with E-state index in [-0.39, 0.29) is 11.9 Å². The summed E-state index contributed by atoms with van der Waals surface area (Å²) in [6.07, 6.45) is 3.43. The highest BCUT2D eigenvalue weighted by atomic mass is 16.3. The minimum absolute atomic E-state index is 0.0734. The Morgan fingerprint density at radius 1 is 1.40 bits per heavy atom. The summed E-state index contributed by atoms with van der Waals surface area (Å²) in [4.78, 5) is 14.2. The minimum atomic E-state index is -0.403. The van der Waals surface area contributed by atoms with Crippen LogP contribution in [0.2, 0.25) is 0 Å². The Kier molecular flexibility index (Phi) is 5.01. The molecule has 1 unspecified atom stereocenters. The van der Waals surface area contributed by atoms with Crippen LogP contribution >= 0.6 is 0 Å². The van der Waals surface area contributed by atoms with E-state index in [0.29, 0.717) is 6.42 Å². The van der Waals surface area contributed by atoms with Crippen molar-refractivity contribution in [1.82, 2.24) is 5.32 Å². The lowest BCUT2D eigenvalue weighted by molar-refractivity contribution is -0.122. The molecule has 1 saturated heterocycles. The van der Waals surface area contributed by atoms with Crippen LogP contribution in [0.15, 0.2) is 24.3 Å². The van der Waals surface area contributed by atoms with Gasteiger partial charge in [-0.15, -0.1) is 0 Å². The molecular weight excluding hydrogens is 252 g/mol. The molecule has 1 amide bonds. The third-order valence-corrected chi connectivity index (χ3v) is 4.05. The van der Waals surface area contributed by atoms with Gasteiger partial charge in [-0.2, -0.15) is 0 Å². The zero-order chi connectivity index (χ0) is 14.5. The van der Waals surface area contributed by atoms with Crippen molar-refractivity contribution >= 4 is 11.6 Å². The van der Waals surface area contributed by atoms with E-state index in [0.717, 1.165) is 37.1 Å². The molecule has 1 aliphatic heterocycles. The summed E-state index contributed by atoms with van der Waals surface area (Å²) in [5.41, 5.74) is 2.00. The van der Waals surface area contributed by atoms with Crippen molar-refractivity contribution in [2.24, 2.45) is 0 Å². The molecule has 4 heteroatoms. The fourth-order valence-corrected chi connectivity index (χ4v) is 2.80. The highest BCUT2D eigenvalue weighted by molar-refractivity contribution is 5.85. The molecule has 2 atom stereocenters. The summed E-state index contributed by atoms with van der Waals surface area (Å²) in [5.74, 6) is 0.0855. The largest absolute Gasteiger partial charge is 0.388 e. The molecule has 2 rings (SSSR count). The lowest BCUT2D eigenvalue weighted by Crippen LogP contribution is -2.48. The van der Waals surface area contributed by atoms with Crippen LogP contribution in [0.5, 0.6) is 0 Å². The highest BCUT2D eigenvalue weighted by Crippen LogP contribution is 2.27. The molecule has 1 heterocycles. The van der Waals surface area contributed by atoms with Gasteiger partial charge in [0.2, 0.25) is 5.91 Å². The minimum Gasteiger partial charge on any atom is -0.388 e. The fourth-order valence-electron chi connectivity index (χ4n) is 2.80. The van der Waals surface area contributed by atoms with Gasteiger partial charge in [0.05, 0.1) is 6.10 Å². The number of likely N-dealkylation sites (N-methyl/N-ethyl adjacent to an activating group) is 1. The summed E-state index contributed by atoms with van der Waals surface area (Å²) in [6.45, 7) is 2.87. The van der Waals surface area contributed by atoms with Crippen molar-refractivity contribution < 1.29 is 9.90 Å². The van der Waals surface area contributed by atoms with Crippen molar-refractivity contribution in [3.8, 4) is 0 Å². The van der Waals surface area contributed by atoms with Crippen LogP contribution < -0.4 is 10.2 Å². The van der Waals surface area contributed by atoms with Gasteiger partial charge in [-0.3, -0.25) is 4.79 Å². The van der Waals surface area contributed by atoms with E-state index < -0.39 is 6.10 Å². The first kappa shape index (κ1) is 14.9. The number of carbonyl (C=O) groups excluding carboxylic acids is 1. The van der Waals surface area contributed by atoms with Gasteiger partial charge in [0.25, 0.3) is 0 Å². The van der Waals surface area contributed by atoms with E-state index in [9.17, 15) is 9.90 Å². The molecule has 1 fully saturated rings. The first-order chi connectivity index (χ1) is 9.67. The first-order valence-corrected chi connectivity index (χ1v) is 7.43. The van der Waals surface area contributed by atoms with Gasteiger partial charge in [0.1, 0.15) is 6.04 Å². The molecule has 1 aromatic carbocycles. The summed E-state index contributed by atoms with van der Waals surface area (Å²) < 4.78 is 0. The Hall–Kier alpha value is -1.55. The fraction of sp³-hybridized carbons (Fsp3) is 0.562. The number of amides is 1. The lowest BCUT2D eigenvalue weighted by Gasteiger charge is -2.36. The number of aliphatic hydroxyl groups is 1. The molecule has 0 aromatic heterocycles. The number of rotatable bonds is 4. The van der Waals surface area contributed by atoms with Crippen LogP contribution in [0.4, 0.5) is 5.69 Å². The second kappa shape index (κ2) is 6.75. The summed E-state index contributed by atoms with van der Waals surface area (Å²) >= 11 is 0. The van der Waals surface area contributed by atoms with Crippen LogP contribution in [0.25, 0.3) is 0 Å². The first-order valence-electron chi connectivity index (χ1n) is 7.43. The number of nitrogens with one attached hydrogen (secondary N) is 1. The van der Waals surface area contributed by atoms with Crippen LogP contribution in [-0.2, 0) is 4.79 Å². The van der Waals surface area contributed by atoms with Gasteiger partial charge in [-0.05, 0) is 43.4 Å². The molecule has 0 aliphatic carbocycles. The second-order valence-corrected chi connectivity index (χ2v) is 5.33. The van der Waals surface area contributed by atoms with Crippen molar-refractivity contribution in [1.29, 1.82) is 0 Å². The molecule has 0 saturated carbocycles. The molecule has 1 aliphatic rings. The number of anilines is 1. The Morgan fingerprint density at radius 3 is 2.70 bits per heavy atom. The molecule has 0 bridgehead atoms. The zero-order valence-electron chi connectivity index (χ0n) is 12.3. The van der Waals surface area contributed by atoms with E-state index in [1.165, 1.54) is 0 Å². The Labute approximate surface area is 120 Å². The standard InChI is InChI=1S/C16H24N2O2/c1-3-15(19)12-7-9-13(10-8-12)18-11-5-4-6-14(18)16(20)17-2/h7-10,14-15,19H,3-6,11H2,1-2H3,(H,17,20)/t14?,15-/m1/s1. The Balaban J connectivity index is 2.17. The van der Waals surface area contributed by atoms with Crippen LogP contribution in [0.1, 0.15) is 44.3 Å². The number of piperidine rings is 1. The number of hydrogen-bond donors (Lipinski definition) is 2. The van der Waals surface area contributed by atoms with E-state index >= 15 is 0 Å². The maximum atomic E-state index is 12.0. The maximum absolute atomic E-state index is 12.0. The molecular formula is C16H24N2O2. The van der Waals surface area contributed by atoms with Gasteiger partial charge in [0, 0.05) is 19.3 Å². The predicted molar refractivity (Wildman–Crippen MR) is 80.7 cm³/mol. The second-order valence-electron chi connectivity index (χ2n) is 5.33. The molecule has 110 valence electrons. The topological polar surface area (TPSA) is 52.6 Å². The molecule has 0 spiro atoms. The number of carbonyl (C=O) groups is 1. The van der Waals surface area contributed by atoms with Gasteiger partial charge >= 0.3 is 0 Å². The monoisotopic (exact) mass is 276 g/mol. The third-order valence-electron chi connectivity index (χ3n) is 4.05. The molecule has 4 nitrogen and oxygen atoms in total. The van der Waals surface area contributed by atoms with Gasteiger partial charge in [-0.25, -0.2) is 0 Å². The van der Waals surface area contributed by atoms with Gasteiger partial charge in [-0.1, -0.05) is 19.1 Å². The van der Waals surface area contributed by atoms with Crippen molar-refractivity contribution in [3.63, 3.8) is 0 Å². The average Bonchev–Trinajstić information content (AvgIpc) is 2.53. The maximum Gasteiger partial charge on any atom is 0.242 e.